The van der Waals surface area contributed by atoms with E-state index in [9.17, 15) is 5.11 Å². The van der Waals surface area contributed by atoms with Crippen LogP contribution in [0.5, 0.6) is 0 Å². The predicted molar refractivity (Wildman–Crippen MR) is 68.0 cm³/mol. The monoisotopic (exact) mass is 235 g/mol. The molecule has 0 amide bonds. The summed E-state index contributed by atoms with van der Waals surface area (Å²) >= 11 is 0. The highest BCUT2D eigenvalue weighted by Gasteiger charge is 2.19. The number of nitrogens with one attached hydrogen (secondary N) is 1. The molecule has 1 unspecified atom stereocenters. The van der Waals surface area contributed by atoms with Crippen LogP contribution in [0.25, 0.3) is 0 Å². The molecule has 94 valence electrons. The molecular weight excluding hydrogens is 214 g/mol. The Morgan fingerprint density at radius 1 is 1.29 bits per heavy atom. The van der Waals surface area contributed by atoms with Crippen molar-refractivity contribution in [1.82, 2.24) is 9.97 Å². The van der Waals surface area contributed by atoms with E-state index < -0.39 is 0 Å². The summed E-state index contributed by atoms with van der Waals surface area (Å²) in [7, 11) is 0. The van der Waals surface area contributed by atoms with Crippen LogP contribution in [-0.4, -0.2) is 27.7 Å². The number of rotatable bonds is 4. The number of hydrogen-bond acceptors (Lipinski definition) is 4. The van der Waals surface area contributed by atoms with E-state index in [4.69, 9.17) is 0 Å². The van der Waals surface area contributed by atoms with Crippen molar-refractivity contribution in [2.75, 3.05) is 11.9 Å². The Hall–Kier alpha value is -1.16. The third kappa shape index (κ3) is 2.75. The highest BCUT2D eigenvalue weighted by atomic mass is 16.3. The molecule has 4 nitrogen and oxygen atoms in total. The lowest BCUT2D eigenvalue weighted by molar-refractivity contribution is 0.249. The maximum absolute atomic E-state index is 9.36. The minimum atomic E-state index is 0.0657. The number of aryl methyl sites for hydroxylation is 1. The molecule has 0 aliphatic heterocycles. The lowest BCUT2D eigenvalue weighted by Crippen LogP contribution is -2.31. The highest BCUT2D eigenvalue weighted by molar-refractivity contribution is 5.47. The topological polar surface area (TPSA) is 58.0 Å². The molecule has 1 aromatic rings. The van der Waals surface area contributed by atoms with E-state index in [1.165, 1.54) is 24.1 Å². The van der Waals surface area contributed by atoms with Gasteiger partial charge in [0.1, 0.15) is 12.1 Å². The van der Waals surface area contributed by atoms with Crippen molar-refractivity contribution in [3.63, 3.8) is 0 Å². The quantitative estimate of drug-likeness (QED) is 0.835. The fraction of sp³-hybridized carbons (Fsp3) is 0.692. The van der Waals surface area contributed by atoms with Crippen molar-refractivity contribution in [1.29, 1.82) is 0 Å². The zero-order chi connectivity index (χ0) is 12.3. The second-order valence-corrected chi connectivity index (χ2v) is 5.03. The van der Waals surface area contributed by atoms with Gasteiger partial charge in [-0.05, 0) is 31.6 Å². The second kappa shape index (κ2) is 5.45. The van der Waals surface area contributed by atoms with Crippen molar-refractivity contribution in [2.24, 2.45) is 5.92 Å². The first-order valence-corrected chi connectivity index (χ1v) is 6.42. The van der Waals surface area contributed by atoms with Crippen molar-refractivity contribution < 1.29 is 5.11 Å². The molecule has 1 atom stereocenters. The molecule has 0 radical (unpaired) electrons. The van der Waals surface area contributed by atoms with Crippen LogP contribution in [0.15, 0.2) is 6.33 Å². The Morgan fingerprint density at radius 3 is 2.76 bits per heavy atom. The number of aliphatic hydroxyl groups is 1. The summed E-state index contributed by atoms with van der Waals surface area (Å²) in [6.45, 7) is 4.33. The average molecular weight is 235 g/mol. The first kappa shape index (κ1) is 12.3. The van der Waals surface area contributed by atoms with Gasteiger partial charge in [0, 0.05) is 11.3 Å². The van der Waals surface area contributed by atoms with Crippen LogP contribution < -0.4 is 5.32 Å². The smallest absolute Gasteiger partial charge is 0.133 e. The van der Waals surface area contributed by atoms with Gasteiger partial charge in [0.25, 0.3) is 0 Å². The number of anilines is 1. The molecule has 1 aliphatic rings. The van der Waals surface area contributed by atoms with Gasteiger partial charge < -0.3 is 10.4 Å². The van der Waals surface area contributed by atoms with Crippen molar-refractivity contribution in [2.45, 2.75) is 45.6 Å². The minimum Gasteiger partial charge on any atom is -0.394 e. The lowest BCUT2D eigenvalue weighted by atomic mass is 9.96. The van der Waals surface area contributed by atoms with Gasteiger partial charge >= 0.3 is 0 Å². The SMILES string of the molecule is CC(C)C(CO)Nc1ncnc2c1CCCC2. The molecule has 1 heterocycles. The van der Waals surface area contributed by atoms with Gasteiger partial charge in [-0.15, -0.1) is 0 Å². The fourth-order valence-electron chi connectivity index (χ4n) is 2.24. The molecular formula is C13H21N3O. The molecule has 0 aromatic carbocycles. The Labute approximate surface area is 102 Å². The molecule has 2 N–H and O–H groups in total. The van der Waals surface area contributed by atoms with E-state index in [1.54, 1.807) is 6.33 Å². The van der Waals surface area contributed by atoms with E-state index in [2.05, 4.69) is 29.1 Å². The Morgan fingerprint density at radius 2 is 2.06 bits per heavy atom. The fourth-order valence-corrected chi connectivity index (χ4v) is 2.24. The van der Waals surface area contributed by atoms with Gasteiger partial charge in [-0.2, -0.15) is 0 Å². The number of nitrogens with zero attached hydrogens (tertiary/aromatic N) is 2. The summed E-state index contributed by atoms with van der Waals surface area (Å²) in [5, 5.41) is 12.7. The summed E-state index contributed by atoms with van der Waals surface area (Å²) in [5.41, 5.74) is 2.42. The van der Waals surface area contributed by atoms with Gasteiger partial charge in [0.05, 0.1) is 12.6 Å². The van der Waals surface area contributed by atoms with Gasteiger partial charge in [0.2, 0.25) is 0 Å². The molecule has 4 heteroatoms. The molecule has 1 aliphatic carbocycles. The predicted octanol–water partition coefficient (Wildman–Crippen LogP) is 1.78. The van der Waals surface area contributed by atoms with Crippen LogP contribution in [0.4, 0.5) is 5.82 Å². The average Bonchev–Trinajstić information content (AvgIpc) is 2.35. The first-order chi connectivity index (χ1) is 8.22. The minimum absolute atomic E-state index is 0.0657. The van der Waals surface area contributed by atoms with E-state index in [0.717, 1.165) is 18.7 Å². The summed E-state index contributed by atoms with van der Waals surface area (Å²) in [4.78, 5) is 8.67. The highest BCUT2D eigenvalue weighted by Crippen LogP contribution is 2.25. The summed E-state index contributed by atoms with van der Waals surface area (Å²) < 4.78 is 0. The molecule has 2 rings (SSSR count). The Bertz CT molecular complexity index is 379. The lowest BCUT2D eigenvalue weighted by Gasteiger charge is -2.24. The third-order valence-electron chi connectivity index (χ3n) is 3.45. The molecule has 0 spiro atoms. The summed E-state index contributed by atoms with van der Waals surface area (Å²) in [5.74, 6) is 1.30. The van der Waals surface area contributed by atoms with Crippen LogP contribution in [0.2, 0.25) is 0 Å². The molecule has 17 heavy (non-hydrogen) atoms. The number of fused-ring (bicyclic) bond motifs is 1. The molecule has 1 aromatic heterocycles. The molecule has 0 saturated carbocycles. The second-order valence-electron chi connectivity index (χ2n) is 5.03. The van der Waals surface area contributed by atoms with E-state index in [-0.39, 0.29) is 12.6 Å². The summed E-state index contributed by atoms with van der Waals surface area (Å²) in [6.07, 6.45) is 6.16. The zero-order valence-corrected chi connectivity index (χ0v) is 10.6. The normalized spacial score (nSPS) is 16.7. The van der Waals surface area contributed by atoms with E-state index >= 15 is 0 Å². The van der Waals surface area contributed by atoms with E-state index in [0.29, 0.717) is 5.92 Å². The van der Waals surface area contributed by atoms with Crippen LogP contribution in [-0.2, 0) is 12.8 Å². The van der Waals surface area contributed by atoms with Crippen molar-refractivity contribution in [3.8, 4) is 0 Å². The maximum atomic E-state index is 9.36. The Kier molecular flexibility index (Phi) is 3.94. The number of aromatic nitrogens is 2. The van der Waals surface area contributed by atoms with Crippen LogP contribution >= 0.6 is 0 Å². The number of hydrogen-bond donors (Lipinski definition) is 2. The summed E-state index contributed by atoms with van der Waals surface area (Å²) in [6, 6.07) is 0.0657. The standard InChI is InChI=1S/C13H21N3O/c1-9(2)12(7-17)16-13-10-5-3-4-6-11(10)14-8-15-13/h8-9,12,17H,3-7H2,1-2H3,(H,14,15,16). The van der Waals surface area contributed by atoms with Gasteiger partial charge in [-0.25, -0.2) is 9.97 Å². The Balaban J connectivity index is 2.20. The third-order valence-corrected chi connectivity index (χ3v) is 3.45. The van der Waals surface area contributed by atoms with Gasteiger partial charge in [0.15, 0.2) is 0 Å². The maximum Gasteiger partial charge on any atom is 0.133 e. The van der Waals surface area contributed by atoms with Crippen molar-refractivity contribution >= 4 is 5.82 Å². The van der Waals surface area contributed by atoms with Gasteiger partial charge in [-0.3, -0.25) is 0 Å². The zero-order valence-electron chi connectivity index (χ0n) is 10.6. The van der Waals surface area contributed by atoms with Crippen molar-refractivity contribution in [3.05, 3.63) is 17.6 Å². The van der Waals surface area contributed by atoms with Crippen LogP contribution in [0, 0.1) is 5.92 Å². The van der Waals surface area contributed by atoms with Gasteiger partial charge in [-0.1, -0.05) is 13.8 Å². The largest absolute Gasteiger partial charge is 0.394 e. The molecule has 0 saturated heterocycles. The molecule has 0 bridgehead atoms. The molecule has 0 fully saturated rings. The van der Waals surface area contributed by atoms with Crippen LogP contribution in [0.3, 0.4) is 0 Å². The first-order valence-electron chi connectivity index (χ1n) is 6.42. The number of aliphatic hydroxyl groups excluding tert-OH is 1. The van der Waals surface area contributed by atoms with Crippen LogP contribution in [0.1, 0.15) is 37.9 Å². The van der Waals surface area contributed by atoms with E-state index in [1.807, 2.05) is 0 Å².